The number of pyridine rings is 1. The lowest BCUT2D eigenvalue weighted by atomic mass is 10.0. The Morgan fingerprint density at radius 1 is 1.22 bits per heavy atom. The van der Waals surface area contributed by atoms with Gasteiger partial charge in [0.25, 0.3) is 0 Å². The highest BCUT2D eigenvalue weighted by Gasteiger charge is 2.29. The molecule has 1 saturated heterocycles. The van der Waals surface area contributed by atoms with Crippen LogP contribution in [0.2, 0.25) is 0 Å². The van der Waals surface area contributed by atoms with E-state index < -0.39 is 0 Å². The van der Waals surface area contributed by atoms with Crippen molar-refractivity contribution in [3.05, 3.63) is 83.3 Å². The Hall–Kier alpha value is -2.39. The monoisotopic (exact) mass is 490 g/mol. The van der Waals surface area contributed by atoms with Gasteiger partial charge in [-0.25, -0.2) is 0 Å². The molecule has 0 saturated carbocycles. The van der Waals surface area contributed by atoms with Gasteiger partial charge in [0.2, 0.25) is 0 Å². The van der Waals surface area contributed by atoms with E-state index in [1.54, 1.807) is 0 Å². The summed E-state index contributed by atoms with van der Waals surface area (Å²) in [5.74, 6) is 0. The SMILES string of the molecule is OCC(CCNCC1=CCC=CC=C1)N1COC2C=C(C=C(CN3CCOCC3)c3cccnc32)C1. The van der Waals surface area contributed by atoms with E-state index >= 15 is 0 Å². The zero-order valence-corrected chi connectivity index (χ0v) is 21.0. The fraction of sp³-hybridized carbons (Fsp3) is 0.483. The van der Waals surface area contributed by atoms with Crippen molar-refractivity contribution in [1.29, 1.82) is 0 Å². The van der Waals surface area contributed by atoms with Crippen molar-refractivity contribution in [3.63, 3.8) is 0 Å². The number of nitrogens with zero attached hydrogens (tertiary/aromatic N) is 3. The maximum atomic E-state index is 10.3. The molecular formula is C29H38N4O3. The van der Waals surface area contributed by atoms with Crippen LogP contribution in [0.3, 0.4) is 0 Å². The number of morpholine rings is 1. The molecule has 36 heavy (non-hydrogen) atoms. The van der Waals surface area contributed by atoms with Gasteiger partial charge >= 0.3 is 0 Å². The van der Waals surface area contributed by atoms with Crippen LogP contribution in [0.5, 0.6) is 0 Å². The van der Waals surface area contributed by atoms with Gasteiger partial charge in [-0.1, -0.05) is 42.5 Å². The smallest absolute Gasteiger partial charge is 0.121 e. The highest BCUT2D eigenvalue weighted by Crippen LogP contribution is 2.34. The fourth-order valence-electron chi connectivity index (χ4n) is 5.23. The first-order valence-electron chi connectivity index (χ1n) is 13.2. The summed E-state index contributed by atoms with van der Waals surface area (Å²) < 4.78 is 11.9. The van der Waals surface area contributed by atoms with Crippen LogP contribution in [0.4, 0.5) is 0 Å². The van der Waals surface area contributed by atoms with Gasteiger partial charge in [0.1, 0.15) is 12.8 Å². The molecule has 7 nitrogen and oxygen atoms in total. The standard InChI is InChI=1S/C29H38N4O3/c34-21-26(9-11-30-18-23-6-3-1-2-4-7-23)33-19-24-16-25(20-32-12-14-35-15-13-32)27-8-5-10-31-29(27)28(17-24)36-22-33/h1-3,5-8,10,16-17,26,28,30,34H,4,9,11-15,18-22H2. The van der Waals surface area contributed by atoms with Crippen molar-refractivity contribution >= 4 is 5.57 Å². The molecule has 2 N–H and O–H groups in total. The first-order chi connectivity index (χ1) is 17.8. The Kier molecular flexibility index (Phi) is 8.93. The largest absolute Gasteiger partial charge is 0.395 e. The van der Waals surface area contributed by atoms with Gasteiger partial charge in [0, 0.05) is 50.5 Å². The average molecular weight is 491 g/mol. The number of rotatable bonds is 9. The van der Waals surface area contributed by atoms with E-state index in [0.29, 0.717) is 6.73 Å². The Morgan fingerprint density at radius 2 is 2.14 bits per heavy atom. The number of hydrogen-bond donors (Lipinski definition) is 2. The first-order valence-corrected chi connectivity index (χ1v) is 13.2. The van der Waals surface area contributed by atoms with Gasteiger partial charge in [-0.2, -0.15) is 0 Å². The van der Waals surface area contributed by atoms with E-state index in [2.05, 4.69) is 63.7 Å². The average Bonchev–Trinajstić information content (AvgIpc) is 3.35. The van der Waals surface area contributed by atoms with Crippen LogP contribution >= 0.6 is 0 Å². The van der Waals surface area contributed by atoms with Gasteiger partial charge in [0.05, 0.1) is 25.5 Å². The van der Waals surface area contributed by atoms with Gasteiger partial charge in [0.15, 0.2) is 0 Å². The number of hydrogen-bond acceptors (Lipinski definition) is 7. The van der Waals surface area contributed by atoms with Crippen molar-refractivity contribution in [3.8, 4) is 0 Å². The van der Waals surface area contributed by atoms with Crippen molar-refractivity contribution in [2.75, 3.05) is 65.8 Å². The lowest BCUT2D eigenvalue weighted by Gasteiger charge is -2.31. The summed E-state index contributed by atoms with van der Waals surface area (Å²) in [4.78, 5) is 9.45. The number of fused-ring (bicyclic) bond motifs is 3. The Morgan fingerprint density at radius 3 is 3.03 bits per heavy atom. The highest BCUT2D eigenvalue weighted by molar-refractivity contribution is 5.73. The summed E-state index contributed by atoms with van der Waals surface area (Å²) in [5, 5.41) is 13.8. The molecule has 2 unspecified atom stereocenters. The summed E-state index contributed by atoms with van der Waals surface area (Å²) in [6, 6.07) is 4.20. The van der Waals surface area contributed by atoms with Crippen LogP contribution in [0, 0.1) is 0 Å². The minimum atomic E-state index is -0.181. The van der Waals surface area contributed by atoms with Gasteiger partial charge in [-0.3, -0.25) is 14.8 Å². The van der Waals surface area contributed by atoms with Gasteiger partial charge in [-0.05, 0) is 48.2 Å². The molecular weight excluding hydrogens is 452 g/mol. The van der Waals surface area contributed by atoms with Crippen molar-refractivity contribution in [2.45, 2.75) is 25.0 Å². The van der Waals surface area contributed by atoms with Crippen molar-refractivity contribution in [2.24, 2.45) is 0 Å². The van der Waals surface area contributed by atoms with E-state index in [9.17, 15) is 5.11 Å². The molecule has 4 aliphatic rings. The topological polar surface area (TPSA) is 70.1 Å². The number of aromatic nitrogens is 1. The van der Waals surface area contributed by atoms with Crippen LogP contribution in [-0.4, -0.2) is 91.8 Å². The molecule has 2 aliphatic heterocycles. The predicted molar refractivity (Wildman–Crippen MR) is 142 cm³/mol. The molecule has 192 valence electrons. The van der Waals surface area contributed by atoms with Crippen molar-refractivity contribution < 1.29 is 14.6 Å². The quantitative estimate of drug-likeness (QED) is 0.516. The Balaban J connectivity index is 1.25. The maximum absolute atomic E-state index is 10.3. The summed E-state index contributed by atoms with van der Waals surface area (Å²) in [6.07, 6.45) is 18.8. The second-order valence-electron chi connectivity index (χ2n) is 9.80. The van der Waals surface area contributed by atoms with E-state index in [1.807, 2.05) is 12.3 Å². The number of nitrogens with one attached hydrogen (secondary N) is 1. The summed E-state index contributed by atoms with van der Waals surface area (Å²) in [6.45, 7) is 7.34. The normalized spacial score (nSPS) is 23.6. The highest BCUT2D eigenvalue weighted by atomic mass is 16.5. The minimum Gasteiger partial charge on any atom is -0.395 e. The van der Waals surface area contributed by atoms with Crippen molar-refractivity contribution in [1.82, 2.24) is 20.1 Å². The first kappa shape index (κ1) is 25.3. The molecule has 2 atom stereocenters. The lowest BCUT2D eigenvalue weighted by Crippen LogP contribution is -2.42. The van der Waals surface area contributed by atoms with Crippen LogP contribution in [-0.2, 0) is 9.47 Å². The second kappa shape index (κ2) is 12.7. The van der Waals surface area contributed by atoms with Crippen LogP contribution in [0.25, 0.3) is 5.57 Å². The fourth-order valence-corrected chi connectivity index (χ4v) is 5.23. The molecule has 3 heterocycles. The summed E-state index contributed by atoms with van der Waals surface area (Å²) in [7, 11) is 0. The van der Waals surface area contributed by atoms with Gasteiger partial charge < -0.3 is 19.9 Å². The van der Waals surface area contributed by atoms with Crippen LogP contribution < -0.4 is 5.32 Å². The number of aliphatic hydroxyl groups is 1. The third-order valence-electron chi connectivity index (χ3n) is 7.27. The molecule has 1 aromatic heterocycles. The number of aliphatic hydroxyl groups excluding tert-OH is 1. The van der Waals surface area contributed by atoms with Crippen LogP contribution in [0.15, 0.2) is 72.0 Å². The number of ether oxygens (including phenoxy) is 2. The van der Waals surface area contributed by atoms with E-state index in [1.165, 1.54) is 22.3 Å². The molecule has 7 heteroatoms. The number of allylic oxidation sites excluding steroid dienone is 4. The molecule has 1 fully saturated rings. The molecule has 0 aromatic carbocycles. The second-order valence-corrected chi connectivity index (χ2v) is 9.80. The summed E-state index contributed by atoms with van der Waals surface area (Å²) in [5.41, 5.74) is 5.97. The zero-order chi connectivity index (χ0) is 24.6. The molecule has 0 amide bonds. The Labute approximate surface area is 214 Å². The van der Waals surface area contributed by atoms with E-state index in [-0.39, 0.29) is 18.8 Å². The maximum Gasteiger partial charge on any atom is 0.121 e. The molecule has 2 bridgehead atoms. The van der Waals surface area contributed by atoms with Gasteiger partial charge in [-0.15, -0.1) is 0 Å². The predicted octanol–water partition coefficient (Wildman–Crippen LogP) is 2.85. The Bertz CT molecular complexity index is 1040. The van der Waals surface area contributed by atoms with Crippen LogP contribution in [0.1, 0.15) is 30.2 Å². The molecule has 0 radical (unpaired) electrons. The van der Waals surface area contributed by atoms with E-state index in [0.717, 1.165) is 71.0 Å². The third-order valence-corrected chi connectivity index (χ3v) is 7.27. The molecule has 0 spiro atoms. The third kappa shape index (κ3) is 6.48. The zero-order valence-electron chi connectivity index (χ0n) is 21.0. The minimum absolute atomic E-state index is 0.0266. The lowest BCUT2D eigenvalue weighted by molar-refractivity contribution is -0.0248. The molecule has 1 aromatic rings. The molecule has 2 aliphatic carbocycles. The summed E-state index contributed by atoms with van der Waals surface area (Å²) >= 11 is 0. The van der Waals surface area contributed by atoms with E-state index in [4.69, 9.17) is 14.5 Å². The molecule has 5 rings (SSSR count).